The largest absolute Gasteiger partial charge is 0.382 e. The van der Waals surface area contributed by atoms with Crippen LogP contribution in [0.3, 0.4) is 0 Å². The zero-order valence-corrected chi connectivity index (χ0v) is 27.0. The van der Waals surface area contributed by atoms with Crippen LogP contribution in [-0.4, -0.2) is 67.0 Å². The topological polar surface area (TPSA) is 123 Å². The Morgan fingerprint density at radius 2 is 1.81 bits per heavy atom. The third-order valence-electron chi connectivity index (χ3n) is 9.54. The third-order valence-corrected chi connectivity index (χ3v) is 9.54. The predicted molar refractivity (Wildman–Crippen MR) is 174 cm³/mol. The molecule has 4 aromatic rings. The second kappa shape index (κ2) is 14.0. The van der Waals surface area contributed by atoms with E-state index in [1.54, 1.807) is 21.2 Å². The third kappa shape index (κ3) is 6.28. The minimum Gasteiger partial charge on any atom is -0.382 e. The Morgan fingerprint density at radius 1 is 1.08 bits per heavy atom. The molecule has 1 aliphatic heterocycles. The molecule has 1 amide bonds. The van der Waals surface area contributed by atoms with Crippen molar-refractivity contribution in [3.05, 3.63) is 87.3 Å². The summed E-state index contributed by atoms with van der Waals surface area (Å²) in [6.45, 7) is 0.933. The standard InChI is InChI=1S/C35H39F3N6O4/c1-3-7-29-27(16-23-10-15-26(22-8-5-4-6-9-22)31(32(23)38)28-17-30(45)42-41-28)33(46)43(34-39-20-40-44(29)34)24-11-13-25(14-12-24)48-21(2)35(47,18-36)19-37/h4-6,8-10,15,20-21,24-25,47H,3,7,11-14,16-19H2,1-2H3,(H,42,45). The van der Waals surface area contributed by atoms with Crippen molar-refractivity contribution in [3.8, 4) is 11.1 Å². The fourth-order valence-electron chi connectivity index (χ4n) is 6.78. The maximum absolute atomic E-state index is 16.7. The van der Waals surface area contributed by atoms with Crippen molar-refractivity contribution < 1.29 is 27.8 Å². The number of aliphatic hydroxyl groups is 1. The highest BCUT2D eigenvalue weighted by Gasteiger charge is 2.38. The Kier molecular flexibility index (Phi) is 9.79. The lowest BCUT2D eigenvalue weighted by molar-refractivity contribution is -0.149. The monoisotopic (exact) mass is 664 g/mol. The number of hydrogen-bond donors (Lipinski definition) is 2. The molecule has 254 valence electrons. The van der Waals surface area contributed by atoms with E-state index in [0.717, 1.165) is 5.56 Å². The lowest BCUT2D eigenvalue weighted by atomic mass is 9.90. The van der Waals surface area contributed by atoms with E-state index >= 15 is 4.39 Å². The molecule has 2 aliphatic rings. The molecule has 1 fully saturated rings. The summed E-state index contributed by atoms with van der Waals surface area (Å²) < 4.78 is 52.5. The molecule has 0 saturated heterocycles. The quantitative estimate of drug-likeness (QED) is 0.219. The van der Waals surface area contributed by atoms with Gasteiger partial charge in [0.1, 0.15) is 31.1 Å². The number of aryl methyl sites for hydroxylation is 1. The molecule has 1 aliphatic carbocycles. The first-order chi connectivity index (χ1) is 23.2. The van der Waals surface area contributed by atoms with E-state index in [0.29, 0.717) is 66.8 Å². The Morgan fingerprint density at radius 3 is 2.46 bits per heavy atom. The van der Waals surface area contributed by atoms with Crippen LogP contribution in [0.2, 0.25) is 0 Å². The molecular weight excluding hydrogens is 625 g/mol. The number of benzene rings is 2. The van der Waals surface area contributed by atoms with E-state index in [4.69, 9.17) is 4.74 Å². The van der Waals surface area contributed by atoms with Crippen molar-refractivity contribution in [2.45, 2.75) is 89.1 Å². The number of carbonyl (C=O) groups is 1. The molecule has 3 heterocycles. The Labute approximate surface area is 275 Å². The normalized spacial score (nSPS) is 19.0. The highest BCUT2D eigenvalue weighted by molar-refractivity contribution is 6.16. The van der Waals surface area contributed by atoms with Crippen LogP contribution < -0.4 is 11.0 Å². The van der Waals surface area contributed by atoms with Crippen molar-refractivity contribution in [2.24, 2.45) is 5.10 Å². The highest BCUT2D eigenvalue weighted by atomic mass is 19.1. The predicted octanol–water partition coefficient (Wildman–Crippen LogP) is 5.02. The Hall–Kier alpha value is -4.36. The summed E-state index contributed by atoms with van der Waals surface area (Å²) in [7, 11) is 0. The molecule has 10 nitrogen and oxygen atoms in total. The highest BCUT2D eigenvalue weighted by Crippen LogP contribution is 2.34. The van der Waals surface area contributed by atoms with Crippen molar-refractivity contribution >= 4 is 17.4 Å². The van der Waals surface area contributed by atoms with Crippen LogP contribution >= 0.6 is 0 Å². The SMILES string of the molecule is CCCc1c(Cc2ccc(-c3ccccc3)c(C3=NNC(=O)C3)c2F)c(=O)n(C2CCC(OC(C)C(O)(CF)CF)CC2)c2ncnn12. The van der Waals surface area contributed by atoms with Crippen molar-refractivity contribution in [2.75, 3.05) is 13.3 Å². The van der Waals surface area contributed by atoms with Gasteiger partial charge in [-0.25, -0.2) is 23.1 Å². The molecule has 2 aromatic heterocycles. The fraction of sp³-hybridized carbons (Fsp3) is 0.457. The van der Waals surface area contributed by atoms with Crippen LogP contribution in [0.15, 0.2) is 58.7 Å². The number of aromatic nitrogens is 4. The van der Waals surface area contributed by atoms with Gasteiger partial charge in [-0.15, -0.1) is 0 Å². The van der Waals surface area contributed by atoms with E-state index in [-0.39, 0.29) is 47.6 Å². The van der Waals surface area contributed by atoms with Gasteiger partial charge in [0, 0.05) is 23.6 Å². The molecule has 0 radical (unpaired) electrons. The number of alkyl halides is 2. The summed E-state index contributed by atoms with van der Waals surface area (Å²) in [6.07, 6.45) is 3.17. The van der Waals surface area contributed by atoms with Crippen molar-refractivity contribution in [3.63, 3.8) is 0 Å². The van der Waals surface area contributed by atoms with E-state index < -0.39 is 30.9 Å². The lowest BCUT2D eigenvalue weighted by Gasteiger charge is -2.35. The first-order valence-corrected chi connectivity index (χ1v) is 16.4. The maximum atomic E-state index is 16.7. The van der Waals surface area contributed by atoms with Gasteiger partial charge in [0.05, 0.1) is 30.0 Å². The Bertz CT molecular complexity index is 1880. The Balaban J connectivity index is 1.37. The molecule has 6 rings (SSSR count). The number of rotatable bonds is 12. The molecule has 0 spiro atoms. The van der Waals surface area contributed by atoms with Gasteiger partial charge in [0.2, 0.25) is 11.7 Å². The smallest absolute Gasteiger partial charge is 0.259 e. The lowest BCUT2D eigenvalue weighted by Crippen LogP contribution is -2.48. The van der Waals surface area contributed by atoms with Crippen LogP contribution in [-0.2, 0) is 22.4 Å². The maximum Gasteiger partial charge on any atom is 0.259 e. The van der Waals surface area contributed by atoms with Gasteiger partial charge in [0.15, 0.2) is 0 Å². The van der Waals surface area contributed by atoms with Crippen molar-refractivity contribution in [1.29, 1.82) is 0 Å². The zero-order valence-electron chi connectivity index (χ0n) is 27.0. The number of hydrazone groups is 1. The number of fused-ring (bicyclic) bond motifs is 1. The second-order valence-electron chi connectivity index (χ2n) is 12.7. The second-order valence-corrected chi connectivity index (χ2v) is 12.7. The molecule has 0 bridgehead atoms. The number of carbonyl (C=O) groups excluding carboxylic acids is 1. The summed E-state index contributed by atoms with van der Waals surface area (Å²) >= 11 is 0. The summed E-state index contributed by atoms with van der Waals surface area (Å²) in [5.74, 6) is -0.486. The summed E-state index contributed by atoms with van der Waals surface area (Å²) in [5, 5.41) is 18.8. The molecule has 48 heavy (non-hydrogen) atoms. The zero-order chi connectivity index (χ0) is 34.0. The molecule has 13 heteroatoms. The number of nitrogens with one attached hydrogen (secondary N) is 1. The van der Waals surface area contributed by atoms with E-state index in [9.17, 15) is 23.5 Å². The van der Waals surface area contributed by atoms with Gasteiger partial charge in [-0.1, -0.05) is 55.8 Å². The molecule has 1 saturated carbocycles. The number of halogens is 3. The van der Waals surface area contributed by atoms with E-state index in [2.05, 4.69) is 20.6 Å². The average Bonchev–Trinajstić information content (AvgIpc) is 3.76. The minimum atomic E-state index is -2.20. The van der Waals surface area contributed by atoms with Crippen molar-refractivity contribution in [1.82, 2.24) is 24.6 Å². The molecule has 2 N–H and O–H groups in total. The van der Waals surface area contributed by atoms with Gasteiger partial charge in [-0.05, 0) is 55.7 Å². The summed E-state index contributed by atoms with van der Waals surface area (Å²) in [4.78, 5) is 31.0. The number of hydrogen-bond acceptors (Lipinski definition) is 7. The van der Waals surface area contributed by atoms with Crippen LogP contribution in [0.4, 0.5) is 13.2 Å². The first kappa shape index (κ1) is 33.5. The number of amides is 1. The van der Waals surface area contributed by atoms with E-state index in [1.165, 1.54) is 13.3 Å². The van der Waals surface area contributed by atoms with Gasteiger partial charge >= 0.3 is 0 Å². The number of nitrogens with zero attached hydrogens (tertiary/aromatic N) is 5. The summed E-state index contributed by atoms with van der Waals surface area (Å²) in [6, 6.07) is 12.5. The van der Waals surface area contributed by atoms with E-state index in [1.807, 2.05) is 37.3 Å². The van der Waals surface area contributed by atoms with Crippen LogP contribution in [0.25, 0.3) is 16.9 Å². The number of ether oxygens (including phenoxy) is 1. The molecule has 2 aromatic carbocycles. The summed E-state index contributed by atoms with van der Waals surface area (Å²) in [5.41, 5.74) is 3.14. The minimum absolute atomic E-state index is 0.0203. The van der Waals surface area contributed by atoms with Crippen LogP contribution in [0.1, 0.15) is 80.8 Å². The van der Waals surface area contributed by atoms with Crippen LogP contribution in [0, 0.1) is 5.82 Å². The van der Waals surface area contributed by atoms with Gasteiger partial charge in [-0.3, -0.25) is 14.2 Å². The molecule has 1 atom stereocenters. The molecule has 1 unspecified atom stereocenters. The van der Waals surface area contributed by atoms with Crippen LogP contribution in [0.5, 0.6) is 0 Å². The molecular formula is C35H39F3N6O4. The fourth-order valence-corrected chi connectivity index (χ4v) is 6.78. The average molecular weight is 665 g/mol. The van der Waals surface area contributed by atoms with Gasteiger partial charge in [0.25, 0.3) is 5.56 Å². The first-order valence-electron chi connectivity index (χ1n) is 16.4. The van der Waals surface area contributed by atoms with Gasteiger partial charge < -0.3 is 9.84 Å². The van der Waals surface area contributed by atoms with Gasteiger partial charge in [-0.2, -0.15) is 15.2 Å².